The van der Waals surface area contributed by atoms with Gasteiger partial charge >= 0.3 is 0 Å². The number of hydrogen-bond acceptors (Lipinski definition) is 12. The van der Waals surface area contributed by atoms with Crippen LogP contribution in [-0.4, -0.2) is 49.1 Å². The van der Waals surface area contributed by atoms with E-state index in [1.54, 1.807) is 6.92 Å². The maximum atomic E-state index is 12.3. The summed E-state index contributed by atoms with van der Waals surface area (Å²) >= 11 is 0. The third kappa shape index (κ3) is 3.15. The molecule has 0 spiro atoms. The largest absolute Gasteiger partial charge is 0.454 e. The molecule has 0 atom stereocenters. The van der Waals surface area contributed by atoms with Crippen LogP contribution in [0.3, 0.4) is 0 Å². The van der Waals surface area contributed by atoms with Crippen molar-refractivity contribution in [3.8, 4) is 17.3 Å². The van der Waals surface area contributed by atoms with Crippen LogP contribution in [-0.2, 0) is 0 Å². The molecule has 0 bridgehead atoms. The summed E-state index contributed by atoms with van der Waals surface area (Å²) in [7, 11) is 0. The van der Waals surface area contributed by atoms with Crippen LogP contribution in [0.5, 0.6) is 11.5 Å². The Balaban J connectivity index is 1.54. The Morgan fingerprint density at radius 2 is 2.14 bits per heavy atom. The number of amides is 1. The predicted octanol–water partition coefficient (Wildman–Crippen LogP) is -0.0583. The number of ether oxygens (including phenoxy) is 2. The van der Waals surface area contributed by atoms with Crippen molar-refractivity contribution in [2.75, 3.05) is 12.5 Å². The minimum Gasteiger partial charge on any atom is -0.454 e. The van der Waals surface area contributed by atoms with Crippen molar-refractivity contribution >= 4 is 23.6 Å². The van der Waals surface area contributed by atoms with E-state index < -0.39 is 10.8 Å². The van der Waals surface area contributed by atoms with E-state index in [-0.39, 0.29) is 41.1 Å². The van der Waals surface area contributed by atoms with Crippen LogP contribution in [0.25, 0.3) is 5.82 Å². The van der Waals surface area contributed by atoms with Gasteiger partial charge in [-0.05, 0) is 23.3 Å². The standard InChI is InChI=1S/C14H11N9O6/c1-6-11(17-21-22(6)13-12(15)19-29-20-13)14(24)18-16-4-7-2-9-10(28-5-27-9)3-8(7)23(25)26/h2-4H,5H2,1H3,(H2,15,19)(H,18,24)/b16-4+. The number of nitrogens with two attached hydrogens (primary N) is 1. The van der Waals surface area contributed by atoms with Gasteiger partial charge in [0.1, 0.15) is 0 Å². The number of nitro groups is 1. The molecule has 0 aliphatic carbocycles. The quantitative estimate of drug-likeness (QED) is 0.330. The van der Waals surface area contributed by atoms with E-state index in [0.29, 0.717) is 11.4 Å². The highest BCUT2D eigenvalue weighted by Gasteiger charge is 2.23. The minimum atomic E-state index is -0.705. The molecule has 0 saturated carbocycles. The smallest absolute Gasteiger partial charge is 0.293 e. The molecule has 3 heterocycles. The molecular formula is C14H11N9O6. The van der Waals surface area contributed by atoms with E-state index in [9.17, 15) is 14.9 Å². The van der Waals surface area contributed by atoms with Crippen LogP contribution in [0, 0.1) is 17.0 Å². The summed E-state index contributed by atoms with van der Waals surface area (Å²) in [4.78, 5) is 23.0. The summed E-state index contributed by atoms with van der Waals surface area (Å²) in [6.45, 7) is 1.51. The predicted molar refractivity (Wildman–Crippen MR) is 92.6 cm³/mol. The number of anilines is 1. The summed E-state index contributed by atoms with van der Waals surface area (Å²) in [5, 5.41) is 29.5. The first-order valence-electron chi connectivity index (χ1n) is 7.88. The fraction of sp³-hybridized carbons (Fsp3) is 0.143. The lowest BCUT2D eigenvalue weighted by molar-refractivity contribution is -0.385. The number of carbonyl (C=O) groups is 1. The zero-order chi connectivity index (χ0) is 20.5. The van der Waals surface area contributed by atoms with Gasteiger partial charge in [0.05, 0.1) is 28.5 Å². The molecule has 0 radical (unpaired) electrons. The summed E-state index contributed by atoms with van der Waals surface area (Å²) in [5.41, 5.74) is 7.91. The number of aromatic nitrogens is 5. The topological polar surface area (TPSA) is 199 Å². The van der Waals surface area contributed by atoms with Crippen molar-refractivity contribution < 1.29 is 23.8 Å². The zero-order valence-electron chi connectivity index (χ0n) is 14.6. The Morgan fingerprint density at radius 1 is 1.38 bits per heavy atom. The minimum absolute atomic E-state index is 0.0295. The van der Waals surface area contributed by atoms with Crippen molar-refractivity contribution in [1.82, 2.24) is 30.7 Å². The van der Waals surface area contributed by atoms with Gasteiger partial charge in [-0.25, -0.2) is 10.1 Å². The summed E-state index contributed by atoms with van der Waals surface area (Å²) < 4.78 is 16.0. The molecule has 3 aromatic rings. The Labute approximate surface area is 160 Å². The molecular weight excluding hydrogens is 390 g/mol. The Kier molecular flexibility index (Phi) is 4.23. The average Bonchev–Trinajstić information content (AvgIpc) is 3.40. The highest BCUT2D eigenvalue weighted by molar-refractivity contribution is 5.94. The molecule has 0 unspecified atom stereocenters. The Bertz CT molecular complexity index is 1150. The number of nitrogens with zero attached hydrogens (tertiary/aromatic N) is 7. The third-order valence-corrected chi connectivity index (χ3v) is 3.89. The van der Waals surface area contributed by atoms with Crippen molar-refractivity contribution in [2.24, 2.45) is 5.10 Å². The third-order valence-electron chi connectivity index (χ3n) is 3.89. The highest BCUT2D eigenvalue weighted by atomic mass is 16.7. The molecule has 29 heavy (non-hydrogen) atoms. The molecule has 0 fully saturated rings. The van der Waals surface area contributed by atoms with Crippen LogP contribution in [0.2, 0.25) is 0 Å². The highest BCUT2D eigenvalue weighted by Crippen LogP contribution is 2.37. The molecule has 1 amide bonds. The average molecular weight is 401 g/mol. The first-order chi connectivity index (χ1) is 14.0. The van der Waals surface area contributed by atoms with E-state index in [1.165, 1.54) is 16.8 Å². The number of fused-ring (bicyclic) bond motifs is 1. The van der Waals surface area contributed by atoms with Crippen LogP contribution in [0.1, 0.15) is 21.7 Å². The fourth-order valence-corrected chi connectivity index (χ4v) is 2.50. The van der Waals surface area contributed by atoms with Crippen LogP contribution in [0.15, 0.2) is 21.9 Å². The van der Waals surface area contributed by atoms with Crippen LogP contribution >= 0.6 is 0 Å². The second-order valence-corrected chi connectivity index (χ2v) is 5.63. The molecule has 4 rings (SSSR count). The Hall–Kier alpha value is -4.56. The van der Waals surface area contributed by atoms with Crippen LogP contribution < -0.4 is 20.6 Å². The molecule has 2 aromatic heterocycles. The van der Waals surface area contributed by atoms with Gasteiger partial charge < -0.3 is 15.2 Å². The lowest BCUT2D eigenvalue weighted by atomic mass is 10.1. The van der Waals surface area contributed by atoms with Crippen molar-refractivity contribution in [3.63, 3.8) is 0 Å². The van der Waals surface area contributed by atoms with Gasteiger partial charge in [-0.15, -0.1) is 5.10 Å². The maximum absolute atomic E-state index is 12.3. The van der Waals surface area contributed by atoms with Crippen molar-refractivity contribution in [3.05, 3.63) is 39.2 Å². The summed E-state index contributed by atoms with van der Waals surface area (Å²) in [5.74, 6) is -0.0669. The van der Waals surface area contributed by atoms with Crippen LogP contribution in [0.4, 0.5) is 11.5 Å². The summed E-state index contributed by atoms with van der Waals surface area (Å²) in [6, 6.07) is 2.61. The Morgan fingerprint density at radius 3 is 2.83 bits per heavy atom. The molecule has 3 N–H and O–H groups in total. The number of nitro benzene ring substituents is 1. The van der Waals surface area contributed by atoms with E-state index in [4.69, 9.17) is 15.2 Å². The van der Waals surface area contributed by atoms with Crippen molar-refractivity contribution in [1.29, 1.82) is 0 Å². The lowest BCUT2D eigenvalue weighted by Crippen LogP contribution is -2.19. The van der Waals surface area contributed by atoms with Gasteiger partial charge in [-0.1, -0.05) is 5.21 Å². The molecule has 15 nitrogen and oxygen atoms in total. The number of hydrazone groups is 1. The number of nitrogen functional groups attached to an aromatic ring is 1. The first-order valence-corrected chi connectivity index (χ1v) is 7.88. The second kappa shape index (κ2) is 6.87. The lowest BCUT2D eigenvalue weighted by Gasteiger charge is -2.01. The van der Waals surface area contributed by atoms with Gasteiger partial charge in [-0.3, -0.25) is 14.9 Å². The van der Waals surface area contributed by atoms with E-state index in [1.807, 2.05) is 0 Å². The SMILES string of the molecule is Cc1c(C(=O)N/N=C/c2cc3c(cc2[N+](=O)[O-])OCO3)nnn1-c1nonc1N. The molecule has 1 aromatic carbocycles. The monoisotopic (exact) mass is 401 g/mol. The number of rotatable bonds is 5. The molecule has 15 heteroatoms. The van der Waals surface area contributed by atoms with E-state index in [2.05, 4.69) is 35.8 Å². The normalized spacial score (nSPS) is 12.4. The van der Waals surface area contributed by atoms with E-state index in [0.717, 1.165) is 6.21 Å². The molecule has 1 aliphatic heterocycles. The van der Waals surface area contributed by atoms with E-state index >= 15 is 0 Å². The van der Waals surface area contributed by atoms with Gasteiger partial charge in [0.15, 0.2) is 17.2 Å². The maximum Gasteiger partial charge on any atom is 0.293 e. The van der Waals surface area contributed by atoms with Gasteiger partial charge in [0.2, 0.25) is 18.4 Å². The van der Waals surface area contributed by atoms with Gasteiger partial charge in [-0.2, -0.15) is 9.78 Å². The number of hydrogen-bond donors (Lipinski definition) is 2. The molecule has 1 aliphatic rings. The second-order valence-electron chi connectivity index (χ2n) is 5.63. The van der Waals surface area contributed by atoms with Gasteiger partial charge in [0, 0.05) is 0 Å². The molecule has 0 saturated heterocycles. The summed E-state index contributed by atoms with van der Waals surface area (Å²) in [6.07, 6.45) is 1.11. The number of benzene rings is 1. The fourth-order valence-electron chi connectivity index (χ4n) is 2.50. The number of nitrogens with one attached hydrogen (secondary N) is 1. The van der Waals surface area contributed by atoms with Gasteiger partial charge in [0.25, 0.3) is 11.6 Å². The molecule has 148 valence electrons. The zero-order valence-corrected chi connectivity index (χ0v) is 14.6. The first kappa shape index (κ1) is 17.8. The van der Waals surface area contributed by atoms with Crippen molar-refractivity contribution in [2.45, 2.75) is 6.92 Å². The number of carbonyl (C=O) groups excluding carboxylic acids is 1.